The maximum atomic E-state index is 12.2. The van der Waals surface area contributed by atoms with Gasteiger partial charge in [-0.1, -0.05) is 0 Å². The zero-order valence-corrected chi connectivity index (χ0v) is 17.0. The lowest BCUT2D eigenvalue weighted by atomic mass is 10.2. The molecule has 0 bridgehead atoms. The third kappa shape index (κ3) is 5.45. The van der Waals surface area contributed by atoms with Crippen LogP contribution in [-0.4, -0.2) is 65.7 Å². The van der Waals surface area contributed by atoms with E-state index in [9.17, 15) is 4.79 Å². The predicted octanol–water partition coefficient (Wildman–Crippen LogP) is 3.20. The van der Waals surface area contributed by atoms with Gasteiger partial charge < -0.3 is 14.5 Å². The molecule has 8 heteroatoms. The topological polar surface area (TPSA) is 70.9 Å². The SMILES string of the molecule is C=N/C=C(\SC)c1cc(C)nc(N2CCN(C(=O)OC(C)(C)C)CC2)n1. The van der Waals surface area contributed by atoms with Gasteiger partial charge in [-0.2, -0.15) is 0 Å². The van der Waals surface area contributed by atoms with E-state index >= 15 is 0 Å². The summed E-state index contributed by atoms with van der Waals surface area (Å²) in [4.78, 5) is 30.0. The number of hydrogen-bond acceptors (Lipinski definition) is 7. The van der Waals surface area contributed by atoms with E-state index in [0.29, 0.717) is 32.1 Å². The molecule has 1 saturated heterocycles. The monoisotopic (exact) mass is 377 g/mol. The number of carbonyl (C=O) groups excluding carboxylic acids is 1. The molecule has 7 nitrogen and oxygen atoms in total. The molecule has 0 spiro atoms. The van der Waals surface area contributed by atoms with Crippen molar-refractivity contribution in [2.24, 2.45) is 4.99 Å². The lowest BCUT2D eigenvalue weighted by Crippen LogP contribution is -2.50. The first-order chi connectivity index (χ1) is 12.2. The van der Waals surface area contributed by atoms with E-state index in [1.54, 1.807) is 22.9 Å². The maximum absolute atomic E-state index is 12.2. The molecule has 142 valence electrons. The molecule has 0 unspecified atom stereocenters. The van der Waals surface area contributed by atoms with Crippen LogP contribution in [0.4, 0.5) is 10.7 Å². The lowest BCUT2D eigenvalue weighted by molar-refractivity contribution is 0.0240. The normalized spacial score (nSPS) is 15.8. The Morgan fingerprint density at radius 2 is 1.96 bits per heavy atom. The summed E-state index contributed by atoms with van der Waals surface area (Å²) in [6, 6.07) is 1.94. The van der Waals surface area contributed by atoms with Crippen molar-refractivity contribution in [2.45, 2.75) is 33.3 Å². The van der Waals surface area contributed by atoms with Gasteiger partial charge in [0.05, 0.1) is 10.6 Å². The van der Waals surface area contributed by atoms with Gasteiger partial charge in [0.1, 0.15) is 5.60 Å². The second-order valence-electron chi connectivity index (χ2n) is 7.03. The van der Waals surface area contributed by atoms with Crippen molar-refractivity contribution in [2.75, 3.05) is 37.3 Å². The van der Waals surface area contributed by atoms with E-state index in [2.05, 4.69) is 26.6 Å². The molecule has 0 N–H and O–H groups in total. The predicted molar refractivity (Wildman–Crippen MR) is 108 cm³/mol. The molecular weight excluding hydrogens is 350 g/mol. The third-order valence-electron chi connectivity index (χ3n) is 3.74. The van der Waals surface area contributed by atoms with E-state index in [4.69, 9.17) is 4.74 Å². The van der Waals surface area contributed by atoms with Crippen LogP contribution >= 0.6 is 11.8 Å². The summed E-state index contributed by atoms with van der Waals surface area (Å²) < 4.78 is 5.44. The molecule has 1 aliphatic heterocycles. The highest BCUT2D eigenvalue weighted by molar-refractivity contribution is 8.07. The molecule has 2 rings (SSSR count). The molecule has 0 atom stereocenters. The Bertz CT molecular complexity index is 691. The number of nitrogens with zero attached hydrogens (tertiary/aromatic N) is 5. The fourth-order valence-corrected chi connectivity index (χ4v) is 3.04. The first kappa shape index (κ1) is 20.2. The number of ether oxygens (including phenoxy) is 1. The van der Waals surface area contributed by atoms with Crippen LogP contribution in [0.5, 0.6) is 0 Å². The quantitative estimate of drug-likeness (QED) is 0.751. The fraction of sp³-hybridized carbons (Fsp3) is 0.556. The number of anilines is 1. The second kappa shape index (κ2) is 8.53. The number of aromatic nitrogens is 2. The summed E-state index contributed by atoms with van der Waals surface area (Å²) in [7, 11) is 0. The summed E-state index contributed by atoms with van der Waals surface area (Å²) in [5, 5.41) is 0. The zero-order valence-electron chi connectivity index (χ0n) is 16.2. The number of aryl methyl sites for hydroxylation is 1. The summed E-state index contributed by atoms with van der Waals surface area (Å²) >= 11 is 1.57. The van der Waals surface area contributed by atoms with Crippen molar-refractivity contribution >= 4 is 35.4 Å². The summed E-state index contributed by atoms with van der Waals surface area (Å²) in [5.74, 6) is 0.674. The van der Waals surface area contributed by atoms with Crippen molar-refractivity contribution in [3.63, 3.8) is 0 Å². The minimum Gasteiger partial charge on any atom is -0.444 e. The number of aliphatic imine (C=N–C) groups is 1. The molecule has 1 fully saturated rings. The smallest absolute Gasteiger partial charge is 0.410 e. The fourth-order valence-electron chi connectivity index (χ4n) is 2.54. The Kier molecular flexibility index (Phi) is 6.63. The molecule has 26 heavy (non-hydrogen) atoms. The Morgan fingerprint density at radius 3 is 2.50 bits per heavy atom. The van der Waals surface area contributed by atoms with Crippen LogP contribution in [0.2, 0.25) is 0 Å². The summed E-state index contributed by atoms with van der Waals surface area (Å²) in [5.41, 5.74) is 1.24. The Morgan fingerprint density at radius 1 is 1.31 bits per heavy atom. The molecule has 1 aliphatic rings. The number of piperazine rings is 1. The van der Waals surface area contributed by atoms with Crippen LogP contribution < -0.4 is 4.90 Å². The molecule has 1 aromatic heterocycles. The molecule has 0 saturated carbocycles. The van der Waals surface area contributed by atoms with Crippen molar-refractivity contribution in [3.05, 3.63) is 23.7 Å². The molecule has 1 aromatic rings. The van der Waals surface area contributed by atoms with Crippen molar-refractivity contribution in [3.8, 4) is 0 Å². The van der Waals surface area contributed by atoms with Crippen LogP contribution in [0.3, 0.4) is 0 Å². The molecule has 0 radical (unpaired) electrons. The second-order valence-corrected chi connectivity index (χ2v) is 7.88. The van der Waals surface area contributed by atoms with Gasteiger partial charge in [-0.3, -0.25) is 4.99 Å². The molecule has 0 aromatic carbocycles. The van der Waals surface area contributed by atoms with Gasteiger partial charge in [-0.25, -0.2) is 14.8 Å². The largest absolute Gasteiger partial charge is 0.444 e. The van der Waals surface area contributed by atoms with Crippen molar-refractivity contribution in [1.29, 1.82) is 0 Å². The van der Waals surface area contributed by atoms with E-state index in [0.717, 1.165) is 16.3 Å². The highest BCUT2D eigenvalue weighted by Gasteiger charge is 2.27. The standard InChI is InChI=1S/C18H27N5O2S/c1-13-11-14(15(26-6)12-19-5)21-16(20-13)22-7-9-23(10-8-22)17(24)25-18(2,3)4/h11-12H,5,7-10H2,1-4,6H3/b15-12-. The Labute approximate surface area is 159 Å². The van der Waals surface area contributed by atoms with Crippen molar-refractivity contribution < 1.29 is 9.53 Å². The van der Waals surface area contributed by atoms with Gasteiger partial charge in [0.2, 0.25) is 5.95 Å². The van der Waals surface area contributed by atoms with Gasteiger partial charge in [0.15, 0.2) is 0 Å². The van der Waals surface area contributed by atoms with E-state index < -0.39 is 5.60 Å². The Hall–Kier alpha value is -2.09. The molecular formula is C18H27N5O2S. The number of carbonyl (C=O) groups is 1. The van der Waals surface area contributed by atoms with Crippen LogP contribution in [0.25, 0.3) is 4.91 Å². The first-order valence-corrected chi connectivity index (χ1v) is 9.75. The minimum atomic E-state index is -0.484. The van der Waals surface area contributed by atoms with Crippen LogP contribution in [0.1, 0.15) is 32.2 Å². The third-order valence-corrected chi connectivity index (χ3v) is 4.49. The summed E-state index contributed by atoms with van der Waals surface area (Å²) in [6.07, 6.45) is 3.41. The zero-order chi connectivity index (χ0) is 19.3. The lowest BCUT2D eigenvalue weighted by Gasteiger charge is -2.35. The van der Waals surface area contributed by atoms with Gasteiger partial charge >= 0.3 is 6.09 Å². The van der Waals surface area contributed by atoms with E-state index in [1.165, 1.54) is 0 Å². The van der Waals surface area contributed by atoms with Crippen LogP contribution in [0.15, 0.2) is 17.3 Å². The molecule has 2 heterocycles. The number of amides is 1. The maximum Gasteiger partial charge on any atom is 0.410 e. The Balaban J connectivity index is 2.10. The summed E-state index contributed by atoms with van der Waals surface area (Å²) in [6.45, 7) is 13.6. The minimum absolute atomic E-state index is 0.271. The van der Waals surface area contributed by atoms with Crippen LogP contribution in [0, 0.1) is 6.92 Å². The molecule has 1 amide bonds. The van der Waals surface area contributed by atoms with Gasteiger partial charge in [0.25, 0.3) is 0 Å². The number of thioether (sulfide) groups is 1. The van der Waals surface area contributed by atoms with E-state index in [1.807, 2.05) is 40.0 Å². The van der Waals surface area contributed by atoms with Gasteiger partial charge in [-0.15, -0.1) is 11.8 Å². The number of rotatable bonds is 4. The highest BCUT2D eigenvalue weighted by Crippen LogP contribution is 2.26. The van der Waals surface area contributed by atoms with Gasteiger partial charge in [-0.05, 0) is 46.7 Å². The number of hydrogen-bond donors (Lipinski definition) is 0. The molecule has 0 aliphatic carbocycles. The van der Waals surface area contributed by atoms with Crippen molar-refractivity contribution in [1.82, 2.24) is 14.9 Å². The van der Waals surface area contributed by atoms with Gasteiger partial charge in [0, 0.05) is 38.1 Å². The van der Waals surface area contributed by atoms with Crippen LogP contribution in [-0.2, 0) is 4.74 Å². The average molecular weight is 378 g/mol. The average Bonchev–Trinajstić information content (AvgIpc) is 2.57. The van der Waals surface area contributed by atoms with E-state index in [-0.39, 0.29) is 6.09 Å². The first-order valence-electron chi connectivity index (χ1n) is 8.52. The highest BCUT2D eigenvalue weighted by atomic mass is 32.2.